The molecule has 5 rings (SSSR count). The average Bonchev–Trinajstić information content (AvgIpc) is 3.48. The van der Waals surface area contributed by atoms with Crippen molar-refractivity contribution >= 4 is 39.3 Å². The number of aromatic nitrogens is 6. The predicted molar refractivity (Wildman–Crippen MR) is 122 cm³/mol. The minimum Gasteiger partial charge on any atom is -0.381 e. The van der Waals surface area contributed by atoms with Gasteiger partial charge in [0.1, 0.15) is 10.5 Å². The summed E-state index contributed by atoms with van der Waals surface area (Å²) in [6, 6.07) is 4.36. The van der Waals surface area contributed by atoms with Gasteiger partial charge in [-0.1, -0.05) is 0 Å². The maximum atomic E-state index is 5.53. The van der Waals surface area contributed by atoms with Crippen molar-refractivity contribution < 1.29 is 4.74 Å². The fraction of sp³-hybridized carbons (Fsp3) is 0.429. The largest absolute Gasteiger partial charge is 0.381 e. The number of methoxy groups -OCH3 is 1. The lowest BCUT2D eigenvalue weighted by Crippen LogP contribution is -2.29. The number of hydrogen-bond donors (Lipinski definition) is 2. The van der Waals surface area contributed by atoms with Gasteiger partial charge in [0.15, 0.2) is 5.82 Å². The third-order valence-corrected chi connectivity index (χ3v) is 6.51. The molecule has 1 fully saturated rings. The summed E-state index contributed by atoms with van der Waals surface area (Å²) in [5.41, 5.74) is 3.78. The minimum absolute atomic E-state index is 0.347. The summed E-state index contributed by atoms with van der Waals surface area (Å²) in [6.07, 6.45) is 10.4. The zero-order valence-corrected chi connectivity index (χ0v) is 18.7. The lowest BCUT2D eigenvalue weighted by Gasteiger charge is -2.28. The van der Waals surface area contributed by atoms with E-state index in [9.17, 15) is 0 Å². The van der Waals surface area contributed by atoms with E-state index >= 15 is 0 Å². The predicted octanol–water partition coefficient (Wildman–Crippen LogP) is 4.03. The van der Waals surface area contributed by atoms with Crippen LogP contribution in [0.15, 0.2) is 30.7 Å². The first-order valence-corrected chi connectivity index (χ1v) is 11.2. The Balaban J connectivity index is 1.52. The number of anilines is 3. The van der Waals surface area contributed by atoms with Crippen LogP contribution in [0.1, 0.15) is 31.4 Å². The fourth-order valence-corrected chi connectivity index (χ4v) is 4.77. The molecule has 0 amide bonds. The van der Waals surface area contributed by atoms with E-state index in [0.717, 1.165) is 58.9 Å². The summed E-state index contributed by atoms with van der Waals surface area (Å²) in [6.45, 7) is 1.98. The van der Waals surface area contributed by atoms with E-state index < -0.39 is 0 Å². The highest BCUT2D eigenvalue weighted by atomic mass is 32.1. The molecule has 0 aliphatic heterocycles. The smallest absolute Gasteiger partial charge is 0.230 e. The Kier molecular flexibility index (Phi) is 5.33. The molecule has 1 aliphatic rings. The molecule has 0 spiro atoms. The van der Waals surface area contributed by atoms with Crippen molar-refractivity contribution in [3.05, 3.63) is 36.4 Å². The summed E-state index contributed by atoms with van der Waals surface area (Å²) in [5.74, 6) is 1.39. The average molecular weight is 439 g/mol. The molecule has 0 saturated heterocycles. The lowest BCUT2D eigenvalue weighted by atomic mass is 9.93. The molecule has 4 aromatic rings. The van der Waals surface area contributed by atoms with Gasteiger partial charge in [-0.05, 0) is 56.3 Å². The van der Waals surface area contributed by atoms with Crippen LogP contribution in [-0.2, 0) is 11.8 Å². The van der Waals surface area contributed by atoms with Gasteiger partial charge in [-0.25, -0.2) is 4.98 Å². The van der Waals surface area contributed by atoms with Crippen molar-refractivity contribution in [2.45, 2.75) is 44.8 Å². The van der Waals surface area contributed by atoms with Crippen LogP contribution in [0.5, 0.6) is 0 Å². The molecule has 162 valence electrons. The van der Waals surface area contributed by atoms with Crippen LogP contribution in [0.3, 0.4) is 0 Å². The molecule has 4 aromatic heterocycles. The van der Waals surface area contributed by atoms with Gasteiger partial charge in [0.2, 0.25) is 5.95 Å². The molecular formula is C21H26N8OS. The van der Waals surface area contributed by atoms with E-state index in [0.29, 0.717) is 18.1 Å². The van der Waals surface area contributed by atoms with Crippen molar-refractivity contribution in [1.82, 2.24) is 28.7 Å². The Morgan fingerprint density at radius 2 is 2.03 bits per heavy atom. The first kappa shape index (κ1) is 20.0. The molecule has 9 nitrogen and oxygen atoms in total. The third kappa shape index (κ3) is 4.13. The van der Waals surface area contributed by atoms with Crippen LogP contribution in [0, 0.1) is 6.92 Å². The Morgan fingerprint density at radius 1 is 1.19 bits per heavy atom. The van der Waals surface area contributed by atoms with Gasteiger partial charge in [0, 0.05) is 32.6 Å². The van der Waals surface area contributed by atoms with Crippen LogP contribution < -0.4 is 10.6 Å². The summed E-state index contributed by atoms with van der Waals surface area (Å²) >= 11 is 1.41. The number of rotatable bonds is 6. The van der Waals surface area contributed by atoms with Gasteiger partial charge in [-0.3, -0.25) is 4.68 Å². The maximum absolute atomic E-state index is 5.53. The molecule has 10 heteroatoms. The normalized spacial score (nSPS) is 19.1. The second-order valence-electron chi connectivity index (χ2n) is 8.00. The molecule has 0 radical (unpaired) electrons. The van der Waals surface area contributed by atoms with Gasteiger partial charge in [-0.15, -0.1) is 0 Å². The molecule has 0 unspecified atom stereocenters. The summed E-state index contributed by atoms with van der Waals surface area (Å²) in [5, 5.41) is 12.3. The number of nitrogens with one attached hydrogen (secondary N) is 2. The van der Waals surface area contributed by atoms with E-state index in [1.54, 1.807) is 11.8 Å². The molecule has 1 saturated carbocycles. The molecule has 0 bridgehead atoms. The standard InChI is InChI=1S/C21H26N8OS/c1-13-10-18(31-27-13)25-21-24-17-8-9-29(15-11-22-28(2)12-15)19(17)20(26-21)23-14-4-6-16(30-3)7-5-14/h8-12,14,16H,4-7H2,1-3H3,(H2,23,24,25,26)/t14-,16-. The summed E-state index contributed by atoms with van der Waals surface area (Å²) in [7, 11) is 3.71. The third-order valence-electron chi connectivity index (χ3n) is 5.71. The molecule has 4 heterocycles. The fourth-order valence-electron chi connectivity index (χ4n) is 4.12. The van der Waals surface area contributed by atoms with Crippen molar-refractivity contribution in [3.63, 3.8) is 0 Å². The van der Waals surface area contributed by atoms with Crippen molar-refractivity contribution in [2.75, 3.05) is 17.7 Å². The zero-order chi connectivity index (χ0) is 21.4. The maximum Gasteiger partial charge on any atom is 0.230 e. The number of nitrogens with zero attached hydrogens (tertiary/aromatic N) is 6. The van der Waals surface area contributed by atoms with Gasteiger partial charge < -0.3 is 19.9 Å². The van der Waals surface area contributed by atoms with Crippen molar-refractivity contribution in [2.24, 2.45) is 7.05 Å². The lowest BCUT2D eigenvalue weighted by molar-refractivity contribution is 0.0681. The van der Waals surface area contributed by atoms with E-state index in [1.807, 2.05) is 44.7 Å². The van der Waals surface area contributed by atoms with Crippen molar-refractivity contribution in [3.8, 4) is 5.69 Å². The molecular weight excluding hydrogens is 412 g/mol. The van der Waals surface area contributed by atoms with Gasteiger partial charge in [-0.2, -0.15) is 14.5 Å². The number of ether oxygens (including phenoxy) is 1. The second-order valence-corrected chi connectivity index (χ2v) is 8.80. The van der Waals surface area contributed by atoms with E-state index in [1.165, 1.54) is 11.5 Å². The van der Waals surface area contributed by atoms with E-state index in [2.05, 4.69) is 24.7 Å². The monoisotopic (exact) mass is 438 g/mol. The minimum atomic E-state index is 0.347. The van der Waals surface area contributed by atoms with Crippen LogP contribution in [0.25, 0.3) is 16.7 Å². The highest BCUT2D eigenvalue weighted by molar-refractivity contribution is 7.10. The number of aryl methyl sites for hydroxylation is 2. The second kappa shape index (κ2) is 8.27. The van der Waals surface area contributed by atoms with Gasteiger partial charge in [0.05, 0.1) is 29.2 Å². The Hall–Kier alpha value is -2.98. The Morgan fingerprint density at radius 3 is 2.71 bits per heavy atom. The Labute approximate surface area is 184 Å². The SMILES string of the molecule is CO[C@H]1CC[C@H](Nc2nc(Nc3cc(C)ns3)nc3ccn(-c4cnn(C)c4)c23)CC1. The first-order chi connectivity index (χ1) is 15.1. The molecule has 0 atom stereocenters. The van der Waals surface area contributed by atoms with Crippen LogP contribution in [0.2, 0.25) is 0 Å². The van der Waals surface area contributed by atoms with E-state index in [-0.39, 0.29) is 0 Å². The van der Waals surface area contributed by atoms with Crippen molar-refractivity contribution in [1.29, 1.82) is 0 Å². The Bertz CT molecular complexity index is 1190. The number of fused-ring (bicyclic) bond motifs is 1. The van der Waals surface area contributed by atoms with E-state index in [4.69, 9.17) is 14.7 Å². The van der Waals surface area contributed by atoms with Gasteiger partial charge >= 0.3 is 0 Å². The first-order valence-electron chi connectivity index (χ1n) is 10.5. The van der Waals surface area contributed by atoms with Gasteiger partial charge in [0.25, 0.3) is 0 Å². The highest BCUT2D eigenvalue weighted by Gasteiger charge is 2.23. The molecule has 1 aliphatic carbocycles. The molecule has 2 N–H and O–H groups in total. The number of hydrogen-bond acceptors (Lipinski definition) is 8. The molecule has 0 aromatic carbocycles. The zero-order valence-electron chi connectivity index (χ0n) is 17.9. The summed E-state index contributed by atoms with van der Waals surface area (Å²) < 4.78 is 13.8. The van der Waals surface area contributed by atoms with Crippen LogP contribution >= 0.6 is 11.5 Å². The topological polar surface area (TPSA) is 94.7 Å². The highest BCUT2D eigenvalue weighted by Crippen LogP contribution is 2.31. The quantitative estimate of drug-likeness (QED) is 0.469. The molecule has 31 heavy (non-hydrogen) atoms. The summed E-state index contributed by atoms with van der Waals surface area (Å²) in [4.78, 5) is 9.63. The van der Waals surface area contributed by atoms with Crippen LogP contribution in [-0.4, -0.2) is 47.9 Å². The van der Waals surface area contributed by atoms with Crippen LogP contribution in [0.4, 0.5) is 16.8 Å².